The Morgan fingerprint density at radius 2 is 1.90 bits per heavy atom. The molecule has 3 nitrogen and oxygen atoms in total. The van der Waals surface area contributed by atoms with Crippen LogP contribution in [-0.2, 0) is 0 Å². The van der Waals surface area contributed by atoms with E-state index in [0.29, 0.717) is 5.75 Å². The van der Waals surface area contributed by atoms with Crippen LogP contribution in [0.1, 0.15) is 42.5 Å². The summed E-state index contributed by atoms with van der Waals surface area (Å²) in [6.07, 6.45) is 5.97. The first kappa shape index (κ1) is 18.2. The van der Waals surface area contributed by atoms with Crippen LogP contribution in [0.2, 0.25) is 0 Å². The van der Waals surface area contributed by atoms with E-state index in [0.717, 1.165) is 29.3 Å². The van der Waals surface area contributed by atoms with E-state index in [2.05, 4.69) is 4.99 Å². The number of nitrogens with zero attached hydrogens (tertiary/aromatic N) is 1. The summed E-state index contributed by atoms with van der Waals surface area (Å²) < 4.78 is 5.09. The predicted octanol–water partition coefficient (Wildman–Crippen LogP) is 0.978. The molecule has 2 rings (SSSR count). The van der Waals surface area contributed by atoms with Crippen LogP contribution in [0, 0.1) is 0 Å². The summed E-state index contributed by atoms with van der Waals surface area (Å²) in [5.41, 5.74) is 0.741. The van der Waals surface area contributed by atoms with Crippen molar-refractivity contribution in [1.29, 1.82) is 0 Å². The maximum Gasteiger partial charge on any atom is 0.173 e. The second-order valence-corrected chi connectivity index (χ2v) is 5.93. The van der Waals surface area contributed by atoms with E-state index in [-0.39, 0.29) is 22.8 Å². The Morgan fingerprint density at radius 1 is 1.19 bits per heavy atom. The maximum atomic E-state index is 12.1. The van der Waals surface area contributed by atoms with Gasteiger partial charge in [0, 0.05) is 12.1 Å². The second-order valence-electron chi connectivity index (χ2n) is 4.88. The number of thioether (sulfide) groups is 1. The van der Waals surface area contributed by atoms with Crippen molar-refractivity contribution in [3.05, 3.63) is 29.8 Å². The molecule has 0 radical (unpaired) electrons. The van der Waals surface area contributed by atoms with Gasteiger partial charge in [-0.2, -0.15) is 0 Å². The van der Waals surface area contributed by atoms with Gasteiger partial charge in [0.15, 0.2) is 5.78 Å². The number of carbonyl (C=O) groups is 1. The van der Waals surface area contributed by atoms with Crippen molar-refractivity contribution in [2.24, 2.45) is 4.99 Å². The zero-order valence-corrected chi connectivity index (χ0v) is 14.7. The highest BCUT2D eigenvalue weighted by molar-refractivity contribution is 8.14. The summed E-state index contributed by atoms with van der Waals surface area (Å²) in [6.45, 7) is 0.916. The molecule has 0 bridgehead atoms. The fraction of sp³-hybridized carbons (Fsp3) is 0.500. The van der Waals surface area contributed by atoms with Gasteiger partial charge in [-0.1, -0.05) is 12.8 Å². The highest BCUT2D eigenvalue weighted by Crippen LogP contribution is 2.18. The molecule has 0 saturated heterocycles. The molecule has 0 aromatic heterocycles. The van der Waals surface area contributed by atoms with Gasteiger partial charge in [-0.3, -0.25) is 9.79 Å². The number of ketones is 1. The fourth-order valence-corrected chi connectivity index (χ4v) is 3.09. The van der Waals surface area contributed by atoms with Crippen LogP contribution in [0.4, 0.5) is 0 Å². The zero-order valence-electron chi connectivity index (χ0n) is 12.3. The van der Waals surface area contributed by atoms with E-state index in [1.807, 2.05) is 24.3 Å². The highest BCUT2D eigenvalue weighted by Gasteiger charge is 2.10. The molecule has 0 unspecified atom stereocenters. The zero-order chi connectivity index (χ0) is 14.2. The number of rotatable bonds is 4. The number of Topliss-reactive ketones (excluding diaryl/α,β-unsaturated/α-hetero) is 1. The number of halogens is 1. The molecule has 0 amide bonds. The summed E-state index contributed by atoms with van der Waals surface area (Å²) >= 11 is 1.60. The maximum absolute atomic E-state index is 12.1. The number of hydrogen-bond donors (Lipinski definition) is 0. The Hall–Kier alpha value is -0.810. The normalized spacial score (nSPS) is 15.2. The molecule has 1 aliphatic heterocycles. The van der Waals surface area contributed by atoms with Gasteiger partial charge in [-0.25, -0.2) is 0 Å². The van der Waals surface area contributed by atoms with Crippen LogP contribution in [-0.4, -0.2) is 30.2 Å². The molecule has 0 aliphatic carbocycles. The first-order valence-electron chi connectivity index (χ1n) is 7.13. The van der Waals surface area contributed by atoms with E-state index in [1.54, 1.807) is 18.9 Å². The molecule has 21 heavy (non-hydrogen) atoms. The second kappa shape index (κ2) is 10.0. The molecule has 1 aromatic rings. The Labute approximate surface area is 141 Å². The molecule has 0 fully saturated rings. The molecule has 1 heterocycles. The minimum absolute atomic E-state index is 0. The van der Waals surface area contributed by atoms with Crippen molar-refractivity contribution in [2.75, 3.05) is 19.4 Å². The van der Waals surface area contributed by atoms with Crippen molar-refractivity contribution < 1.29 is 26.5 Å². The number of benzene rings is 1. The van der Waals surface area contributed by atoms with E-state index >= 15 is 0 Å². The van der Waals surface area contributed by atoms with Crippen LogP contribution in [0.5, 0.6) is 5.75 Å². The third-order valence-corrected chi connectivity index (χ3v) is 4.44. The van der Waals surface area contributed by atoms with Gasteiger partial charge in [0.2, 0.25) is 0 Å². The van der Waals surface area contributed by atoms with E-state index < -0.39 is 0 Å². The monoisotopic (exact) mass is 370 g/mol. The number of carbonyl (C=O) groups excluding carboxylic acids is 1. The summed E-state index contributed by atoms with van der Waals surface area (Å²) in [5, 5.41) is 1.14. The van der Waals surface area contributed by atoms with Crippen LogP contribution >= 0.6 is 11.8 Å². The molecule has 0 saturated carbocycles. The first-order valence-corrected chi connectivity index (χ1v) is 8.11. The Kier molecular flexibility index (Phi) is 8.69. The lowest BCUT2D eigenvalue weighted by molar-refractivity contribution is -0.0000122. The number of methoxy groups -OCH3 is 1. The molecular weight excluding hydrogens is 350 g/mol. The molecular formula is C16H21BrNO2S-. The summed E-state index contributed by atoms with van der Waals surface area (Å²) in [6, 6.07) is 7.29. The lowest BCUT2D eigenvalue weighted by Crippen LogP contribution is -3.00. The van der Waals surface area contributed by atoms with Gasteiger partial charge < -0.3 is 21.7 Å². The van der Waals surface area contributed by atoms with Crippen molar-refractivity contribution in [3.8, 4) is 5.75 Å². The Balaban J connectivity index is 0.00000220. The van der Waals surface area contributed by atoms with Crippen LogP contribution in [0.3, 0.4) is 0 Å². The summed E-state index contributed by atoms with van der Waals surface area (Å²) in [7, 11) is 1.62. The van der Waals surface area contributed by atoms with Crippen LogP contribution in [0.25, 0.3) is 0 Å². The molecule has 1 aromatic carbocycles. The van der Waals surface area contributed by atoms with Crippen molar-refractivity contribution in [2.45, 2.75) is 32.1 Å². The molecule has 0 atom stereocenters. The average Bonchev–Trinajstić information content (AvgIpc) is 2.46. The van der Waals surface area contributed by atoms with Crippen LogP contribution < -0.4 is 21.7 Å². The standard InChI is InChI=1S/C16H21NO2S.BrH/c1-19-14-9-7-13(8-10-14)15(18)12-20-16-6-4-2-3-5-11-17-16;/h7-10H,2-6,11-12H2,1H3;1H/p-1. The number of hydrogen-bond acceptors (Lipinski definition) is 4. The number of aliphatic imine (C=N–C) groups is 1. The number of ether oxygens (including phenoxy) is 1. The van der Waals surface area contributed by atoms with Crippen molar-refractivity contribution in [1.82, 2.24) is 0 Å². The Morgan fingerprint density at radius 3 is 2.62 bits per heavy atom. The minimum atomic E-state index is 0. The van der Waals surface area contributed by atoms with Crippen molar-refractivity contribution >= 4 is 22.6 Å². The third-order valence-electron chi connectivity index (χ3n) is 3.37. The van der Waals surface area contributed by atoms with Gasteiger partial charge in [-0.15, -0.1) is 11.8 Å². The average molecular weight is 371 g/mol. The van der Waals surface area contributed by atoms with Gasteiger partial charge in [0.25, 0.3) is 0 Å². The molecule has 5 heteroatoms. The summed E-state index contributed by atoms with van der Waals surface area (Å²) in [4.78, 5) is 16.7. The van der Waals surface area contributed by atoms with Gasteiger partial charge in [-0.05, 0) is 43.5 Å². The lowest BCUT2D eigenvalue weighted by Gasteiger charge is -2.09. The van der Waals surface area contributed by atoms with Crippen LogP contribution in [0.15, 0.2) is 29.3 Å². The summed E-state index contributed by atoms with van der Waals surface area (Å²) in [5.74, 6) is 1.41. The van der Waals surface area contributed by atoms with Crippen molar-refractivity contribution in [3.63, 3.8) is 0 Å². The quantitative estimate of drug-likeness (QED) is 0.741. The molecule has 116 valence electrons. The molecule has 0 spiro atoms. The third kappa shape index (κ3) is 6.22. The smallest absolute Gasteiger partial charge is 0.173 e. The van der Waals surface area contributed by atoms with E-state index in [4.69, 9.17) is 4.74 Å². The largest absolute Gasteiger partial charge is 1.00 e. The fourth-order valence-electron chi connectivity index (χ4n) is 2.15. The molecule has 1 aliphatic rings. The van der Waals surface area contributed by atoms with E-state index in [1.165, 1.54) is 25.7 Å². The SMILES string of the molecule is COc1ccc(C(=O)CSC2=NCCCCCC2)cc1.[Br-]. The minimum Gasteiger partial charge on any atom is -1.00 e. The van der Waals surface area contributed by atoms with E-state index in [9.17, 15) is 4.79 Å². The predicted molar refractivity (Wildman–Crippen MR) is 85.2 cm³/mol. The Bertz CT molecular complexity index is 474. The van der Waals surface area contributed by atoms with Gasteiger partial charge in [0.1, 0.15) is 5.75 Å². The molecule has 0 N–H and O–H groups in total. The lowest BCUT2D eigenvalue weighted by atomic mass is 10.1. The van der Waals surface area contributed by atoms with Gasteiger partial charge in [0.05, 0.1) is 17.9 Å². The highest BCUT2D eigenvalue weighted by atomic mass is 79.9. The first-order chi connectivity index (χ1) is 9.79. The van der Waals surface area contributed by atoms with Gasteiger partial charge >= 0.3 is 0 Å². The topological polar surface area (TPSA) is 38.7 Å².